The first-order valence-corrected chi connectivity index (χ1v) is 19.5. The average Bonchev–Trinajstić information content (AvgIpc) is 3.55. The van der Waals surface area contributed by atoms with Gasteiger partial charge in [0.2, 0.25) is 11.8 Å². The Morgan fingerprint density at radius 2 is 1.60 bits per heavy atom. The van der Waals surface area contributed by atoms with Crippen LogP contribution in [0.5, 0.6) is 5.75 Å². The number of nitriles is 1. The standard InChI is InChI=1S/C44H39ClFN5O6/c1-42(2)40(43(3,4)41(42)57-27-9-8-25(19-47)31(45)14-27)50-20-26-13-23(7-10-28(26)37(50)54)5-6-24-17-44(18-24)21-49(22-44)34-16-30-29(15-32(34)46)38(55)51(39(30)56)33-11-12-35(52)48-36(33)53/h7-10,13-16,24,33,40-41H,11-12,17-18,20-22H2,1-4H3,(H,48,52,53). The van der Waals surface area contributed by atoms with E-state index in [2.05, 4.69) is 50.9 Å². The van der Waals surface area contributed by atoms with Gasteiger partial charge in [-0.2, -0.15) is 5.26 Å². The lowest BCUT2D eigenvalue weighted by Crippen LogP contribution is -2.74. The molecule has 9 rings (SSSR count). The van der Waals surface area contributed by atoms with E-state index in [0.29, 0.717) is 41.5 Å². The molecule has 4 fully saturated rings. The number of hydrogen-bond acceptors (Lipinski definition) is 8. The highest BCUT2D eigenvalue weighted by Crippen LogP contribution is 2.59. The zero-order chi connectivity index (χ0) is 40.3. The molecule has 2 saturated heterocycles. The molecule has 13 heteroatoms. The van der Waals surface area contributed by atoms with Gasteiger partial charge in [-0.15, -0.1) is 0 Å². The number of piperidine rings is 1. The number of carbonyl (C=O) groups is 5. The Hall–Kier alpha value is -5.72. The summed E-state index contributed by atoms with van der Waals surface area (Å²) in [6.45, 7) is 10.1. The zero-order valence-corrected chi connectivity index (χ0v) is 32.6. The lowest BCUT2D eigenvalue weighted by molar-refractivity contribution is -0.199. The average molecular weight is 788 g/mol. The second-order valence-corrected chi connectivity index (χ2v) is 18.0. The van der Waals surface area contributed by atoms with E-state index in [0.717, 1.165) is 34.9 Å². The van der Waals surface area contributed by atoms with E-state index in [4.69, 9.17) is 16.3 Å². The number of halogens is 2. The number of amides is 5. The van der Waals surface area contributed by atoms with Gasteiger partial charge in [-0.25, -0.2) is 4.39 Å². The summed E-state index contributed by atoms with van der Waals surface area (Å²) in [7, 11) is 0. The van der Waals surface area contributed by atoms with Crippen LogP contribution >= 0.6 is 11.6 Å². The third kappa shape index (κ3) is 5.63. The number of nitrogens with one attached hydrogen (secondary N) is 1. The van der Waals surface area contributed by atoms with Crippen LogP contribution in [0.4, 0.5) is 10.1 Å². The molecule has 4 heterocycles. The molecule has 2 aliphatic carbocycles. The van der Waals surface area contributed by atoms with Crippen LogP contribution < -0.4 is 15.0 Å². The minimum absolute atomic E-state index is 0.00610. The van der Waals surface area contributed by atoms with E-state index < -0.39 is 35.5 Å². The molecule has 2 saturated carbocycles. The first-order valence-electron chi connectivity index (χ1n) is 19.1. The molecule has 57 heavy (non-hydrogen) atoms. The van der Waals surface area contributed by atoms with Crippen molar-refractivity contribution < 1.29 is 33.1 Å². The smallest absolute Gasteiger partial charge is 0.262 e. The Balaban J connectivity index is 0.818. The largest absolute Gasteiger partial charge is 0.489 e. The predicted octanol–water partition coefficient (Wildman–Crippen LogP) is 5.86. The molecular formula is C44H39ClFN5O6. The van der Waals surface area contributed by atoms with Crippen LogP contribution in [0, 0.1) is 51.2 Å². The van der Waals surface area contributed by atoms with Crippen molar-refractivity contribution in [3.8, 4) is 23.7 Å². The maximum Gasteiger partial charge on any atom is 0.262 e. The molecule has 3 aromatic carbocycles. The van der Waals surface area contributed by atoms with Crippen LogP contribution in [0.25, 0.3) is 0 Å². The monoisotopic (exact) mass is 787 g/mol. The lowest BCUT2D eigenvalue weighted by Gasteiger charge is -2.65. The number of anilines is 1. The van der Waals surface area contributed by atoms with Crippen LogP contribution in [0.3, 0.4) is 0 Å². The summed E-state index contributed by atoms with van der Waals surface area (Å²) in [5, 5.41) is 11.8. The molecule has 1 atom stereocenters. The number of rotatable bonds is 5. The maximum atomic E-state index is 15.4. The summed E-state index contributed by atoms with van der Waals surface area (Å²) in [4.78, 5) is 68.8. The molecule has 3 aromatic rings. The van der Waals surface area contributed by atoms with E-state index in [1.54, 1.807) is 18.2 Å². The third-order valence-electron chi connectivity index (χ3n) is 13.0. The number of ether oxygens (including phenoxy) is 1. The van der Waals surface area contributed by atoms with Crippen LogP contribution in [0.1, 0.15) is 101 Å². The van der Waals surface area contributed by atoms with Crippen molar-refractivity contribution in [3.63, 3.8) is 0 Å². The van der Waals surface area contributed by atoms with Gasteiger partial charge in [0.15, 0.2) is 0 Å². The fourth-order valence-electron chi connectivity index (χ4n) is 10.8. The molecule has 0 bridgehead atoms. The Kier molecular flexibility index (Phi) is 8.18. The first kappa shape index (κ1) is 36.9. The molecule has 1 unspecified atom stereocenters. The predicted molar refractivity (Wildman–Crippen MR) is 206 cm³/mol. The second-order valence-electron chi connectivity index (χ2n) is 17.6. The third-order valence-corrected chi connectivity index (χ3v) is 13.3. The van der Waals surface area contributed by atoms with Gasteiger partial charge in [-0.1, -0.05) is 51.1 Å². The highest BCUT2D eigenvalue weighted by molar-refractivity contribution is 6.31. The summed E-state index contributed by atoms with van der Waals surface area (Å²) >= 11 is 6.27. The van der Waals surface area contributed by atoms with Crippen LogP contribution in [0.15, 0.2) is 48.5 Å². The van der Waals surface area contributed by atoms with Crippen LogP contribution in [-0.2, 0) is 16.1 Å². The molecule has 5 amide bonds. The van der Waals surface area contributed by atoms with Crippen molar-refractivity contribution in [1.29, 1.82) is 5.26 Å². The zero-order valence-electron chi connectivity index (χ0n) is 31.9. The van der Waals surface area contributed by atoms with Crippen LogP contribution in [-0.4, -0.2) is 70.6 Å². The van der Waals surface area contributed by atoms with Crippen molar-refractivity contribution >= 4 is 46.8 Å². The minimum Gasteiger partial charge on any atom is -0.489 e. The highest BCUT2D eigenvalue weighted by Gasteiger charge is 2.67. The van der Waals surface area contributed by atoms with Gasteiger partial charge in [0.1, 0.15) is 29.8 Å². The highest BCUT2D eigenvalue weighted by atomic mass is 35.5. The summed E-state index contributed by atoms with van der Waals surface area (Å²) in [5.74, 6) is 4.32. The van der Waals surface area contributed by atoms with Crippen molar-refractivity contribution in [3.05, 3.63) is 92.8 Å². The van der Waals surface area contributed by atoms with Gasteiger partial charge < -0.3 is 14.5 Å². The lowest BCUT2D eigenvalue weighted by atomic mass is 9.49. The topological polar surface area (TPSA) is 140 Å². The number of fused-ring (bicyclic) bond motifs is 2. The number of nitrogens with zero attached hydrogens (tertiary/aromatic N) is 4. The molecule has 290 valence electrons. The summed E-state index contributed by atoms with van der Waals surface area (Å²) in [5.41, 5.74) is 2.32. The van der Waals surface area contributed by atoms with Crippen molar-refractivity contribution in [2.24, 2.45) is 22.2 Å². The van der Waals surface area contributed by atoms with Crippen molar-refractivity contribution in [2.45, 2.75) is 78.1 Å². The Morgan fingerprint density at radius 3 is 2.26 bits per heavy atom. The minimum atomic E-state index is -1.11. The quantitative estimate of drug-likeness (QED) is 0.251. The Bertz CT molecular complexity index is 2450. The van der Waals surface area contributed by atoms with Crippen LogP contribution in [0.2, 0.25) is 5.02 Å². The molecule has 1 N–H and O–H groups in total. The van der Waals surface area contributed by atoms with E-state index in [1.165, 1.54) is 6.07 Å². The van der Waals surface area contributed by atoms with Gasteiger partial charge in [0, 0.05) is 71.5 Å². The van der Waals surface area contributed by atoms with Gasteiger partial charge in [-0.05, 0) is 67.3 Å². The molecule has 0 aromatic heterocycles. The van der Waals surface area contributed by atoms with E-state index in [-0.39, 0.29) is 69.9 Å². The maximum absolute atomic E-state index is 15.4. The number of carbonyl (C=O) groups excluding carboxylic acids is 5. The summed E-state index contributed by atoms with van der Waals surface area (Å²) < 4.78 is 21.8. The number of imide groups is 2. The number of hydrogen-bond donors (Lipinski definition) is 1. The van der Waals surface area contributed by atoms with E-state index >= 15 is 4.39 Å². The van der Waals surface area contributed by atoms with Gasteiger partial charge in [0.05, 0.1) is 27.4 Å². The fourth-order valence-corrected chi connectivity index (χ4v) is 11.0. The van der Waals surface area contributed by atoms with E-state index in [9.17, 15) is 29.2 Å². The Labute approximate surface area is 334 Å². The molecule has 11 nitrogen and oxygen atoms in total. The Morgan fingerprint density at radius 1 is 0.895 bits per heavy atom. The molecule has 0 radical (unpaired) electrons. The summed E-state index contributed by atoms with van der Waals surface area (Å²) in [6.07, 6.45) is 1.54. The molecular weight excluding hydrogens is 749 g/mol. The van der Waals surface area contributed by atoms with Crippen molar-refractivity contribution in [2.75, 3.05) is 18.0 Å². The summed E-state index contributed by atoms with van der Waals surface area (Å²) in [6, 6.07) is 14.2. The number of benzene rings is 3. The van der Waals surface area contributed by atoms with Gasteiger partial charge in [0.25, 0.3) is 17.7 Å². The van der Waals surface area contributed by atoms with E-state index in [1.807, 2.05) is 28.0 Å². The molecule has 4 aliphatic heterocycles. The van der Waals surface area contributed by atoms with Gasteiger partial charge in [-0.3, -0.25) is 34.2 Å². The SMILES string of the molecule is CC1(C)C(Oc2ccc(C#N)c(Cl)c2)C(C)(C)C1N1Cc2cc(C#CC3CC4(C3)CN(c3cc5c(cc3F)C(=O)N(C3CCC(=O)NC3=O)C5=O)C4)ccc2C1=O. The normalized spacial score (nSPS) is 25.1. The molecule has 6 aliphatic rings. The molecule has 1 spiro atoms. The first-order chi connectivity index (χ1) is 27.0. The van der Waals surface area contributed by atoms with Crippen molar-refractivity contribution in [1.82, 2.24) is 15.1 Å². The fraction of sp³-hybridized carbons (Fsp3) is 0.409. The van der Waals surface area contributed by atoms with Gasteiger partial charge >= 0.3 is 0 Å². The second kappa shape index (κ2) is 12.6.